The zero-order valence-corrected chi connectivity index (χ0v) is 12.2. The highest BCUT2D eigenvalue weighted by atomic mass is 35.5. The molecule has 2 aromatic carbocycles. The highest BCUT2D eigenvalue weighted by Gasteiger charge is 2.13. The second-order valence-corrected chi connectivity index (χ2v) is 5.01. The molecule has 0 spiro atoms. The van der Waals surface area contributed by atoms with E-state index < -0.39 is 11.6 Å². The van der Waals surface area contributed by atoms with Crippen LogP contribution in [0.15, 0.2) is 42.5 Å². The summed E-state index contributed by atoms with van der Waals surface area (Å²) in [6.07, 6.45) is 0. The Balaban J connectivity index is 2.13. The molecule has 0 N–H and O–H groups in total. The third-order valence-electron chi connectivity index (χ3n) is 3.08. The van der Waals surface area contributed by atoms with Crippen LogP contribution in [0.25, 0.3) is 0 Å². The number of rotatable bonds is 4. The zero-order chi connectivity index (χ0) is 15.4. The molecule has 110 valence electrons. The van der Waals surface area contributed by atoms with Crippen LogP contribution in [0.2, 0.25) is 0 Å². The summed E-state index contributed by atoms with van der Waals surface area (Å²) in [6.45, 7) is 0.196. The van der Waals surface area contributed by atoms with Gasteiger partial charge in [-0.05, 0) is 35.4 Å². The standard InChI is InChI=1S/C16H14ClF2NO/c1-20(10-12-5-6-14(18)15(19)8-12)16(21)13-4-2-3-11(7-13)9-17/h2-8H,9-10H2,1H3. The van der Waals surface area contributed by atoms with Gasteiger partial charge in [-0.15, -0.1) is 11.6 Å². The van der Waals surface area contributed by atoms with E-state index in [1.54, 1.807) is 25.2 Å². The zero-order valence-electron chi connectivity index (χ0n) is 11.4. The molecule has 0 atom stereocenters. The van der Waals surface area contributed by atoms with Crippen molar-refractivity contribution < 1.29 is 13.6 Å². The molecule has 1 amide bonds. The molecule has 0 heterocycles. The van der Waals surface area contributed by atoms with Gasteiger partial charge in [0.1, 0.15) is 0 Å². The van der Waals surface area contributed by atoms with E-state index in [1.165, 1.54) is 11.0 Å². The predicted molar refractivity (Wildman–Crippen MR) is 78.2 cm³/mol. The summed E-state index contributed by atoms with van der Waals surface area (Å²) >= 11 is 5.74. The van der Waals surface area contributed by atoms with Crippen molar-refractivity contribution in [1.29, 1.82) is 0 Å². The Morgan fingerprint density at radius 3 is 2.52 bits per heavy atom. The quantitative estimate of drug-likeness (QED) is 0.782. The summed E-state index contributed by atoms with van der Waals surface area (Å²) in [6, 6.07) is 10.6. The van der Waals surface area contributed by atoms with Gasteiger partial charge in [0.15, 0.2) is 11.6 Å². The number of carbonyl (C=O) groups excluding carboxylic acids is 1. The number of hydrogen-bond acceptors (Lipinski definition) is 1. The van der Waals surface area contributed by atoms with Gasteiger partial charge in [-0.3, -0.25) is 4.79 Å². The van der Waals surface area contributed by atoms with E-state index in [-0.39, 0.29) is 12.5 Å². The predicted octanol–water partition coefficient (Wildman–Crippen LogP) is 3.98. The average Bonchev–Trinajstić information content (AvgIpc) is 2.50. The first kappa shape index (κ1) is 15.4. The Hall–Kier alpha value is -1.94. The lowest BCUT2D eigenvalue weighted by atomic mass is 10.1. The van der Waals surface area contributed by atoms with Crippen LogP contribution in [-0.2, 0) is 12.4 Å². The molecule has 0 aliphatic heterocycles. The molecule has 0 aliphatic rings. The molecule has 0 saturated heterocycles. The minimum atomic E-state index is -0.919. The van der Waals surface area contributed by atoms with Crippen LogP contribution >= 0.6 is 11.6 Å². The average molecular weight is 310 g/mol. The number of benzene rings is 2. The van der Waals surface area contributed by atoms with Gasteiger partial charge >= 0.3 is 0 Å². The fourth-order valence-corrected chi connectivity index (χ4v) is 2.16. The van der Waals surface area contributed by atoms with E-state index in [1.807, 2.05) is 6.07 Å². The van der Waals surface area contributed by atoms with E-state index in [4.69, 9.17) is 11.6 Å². The normalized spacial score (nSPS) is 10.5. The first-order valence-electron chi connectivity index (χ1n) is 6.35. The van der Waals surface area contributed by atoms with Crippen molar-refractivity contribution >= 4 is 17.5 Å². The number of amides is 1. The second kappa shape index (κ2) is 6.68. The highest BCUT2D eigenvalue weighted by molar-refractivity contribution is 6.17. The van der Waals surface area contributed by atoms with Crippen LogP contribution in [0, 0.1) is 11.6 Å². The number of carbonyl (C=O) groups is 1. The summed E-state index contributed by atoms with van der Waals surface area (Å²) in [7, 11) is 1.61. The highest BCUT2D eigenvalue weighted by Crippen LogP contribution is 2.14. The molecule has 0 aromatic heterocycles. The van der Waals surface area contributed by atoms with Crippen molar-refractivity contribution in [2.75, 3.05) is 7.05 Å². The molecule has 0 unspecified atom stereocenters. The van der Waals surface area contributed by atoms with Crippen molar-refractivity contribution in [3.05, 3.63) is 70.8 Å². The minimum Gasteiger partial charge on any atom is -0.337 e. The van der Waals surface area contributed by atoms with Crippen molar-refractivity contribution in [3.63, 3.8) is 0 Å². The Kier molecular flexibility index (Phi) is 4.91. The van der Waals surface area contributed by atoms with Crippen molar-refractivity contribution in [2.45, 2.75) is 12.4 Å². The molecule has 21 heavy (non-hydrogen) atoms. The van der Waals surface area contributed by atoms with Crippen molar-refractivity contribution in [2.24, 2.45) is 0 Å². The summed E-state index contributed by atoms with van der Waals surface area (Å²) in [5, 5.41) is 0. The SMILES string of the molecule is CN(Cc1ccc(F)c(F)c1)C(=O)c1cccc(CCl)c1. The molecule has 5 heteroatoms. The van der Waals surface area contributed by atoms with E-state index in [9.17, 15) is 13.6 Å². The van der Waals surface area contributed by atoms with Gasteiger partial charge in [-0.2, -0.15) is 0 Å². The first-order valence-corrected chi connectivity index (χ1v) is 6.89. The van der Waals surface area contributed by atoms with E-state index in [0.29, 0.717) is 17.0 Å². The van der Waals surface area contributed by atoms with E-state index in [0.717, 1.165) is 17.7 Å². The lowest BCUT2D eigenvalue weighted by molar-refractivity contribution is 0.0785. The van der Waals surface area contributed by atoms with Gasteiger partial charge in [0, 0.05) is 25.0 Å². The van der Waals surface area contributed by atoms with Crippen LogP contribution in [0.3, 0.4) is 0 Å². The molecular formula is C16H14ClF2NO. The maximum absolute atomic E-state index is 13.2. The molecule has 0 bridgehead atoms. The first-order chi connectivity index (χ1) is 10.0. The summed E-state index contributed by atoms with van der Waals surface area (Å²) in [4.78, 5) is 13.7. The van der Waals surface area contributed by atoms with Gasteiger partial charge in [0.2, 0.25) is 0 Å². The molecular weight excluding hydrogens is 296 g/mol. The Bertz CT molecular complexity index is 660. The lowest BCUT2D eigenvalue weighted by Gasteiger charge is -2.17. The largest absolute Gasteiger partial charge is 0.337 e. The maximum Gasteiger partial charge on any atom is 0.253 e. The summed E-state index contributed by atoms with van der Waals surface area (Å²) in [5.74, 6) is -1.69. The number of hydrogen-bond donors (Lipinski definition) is 0. The monoisotopic (exact) mass is 309 g/mol. The lowest BCUT2D eigenvalue weighted by Crippen LogP contribution is -2.26. The van der Waals surface area contributed by atoms with Crippen LogP contribution < -0.4 is 0 Å². The van der Waals surface area contributed by atoms with Crippen LogP contribution in [-0.4, -0.2) is 17.9 Å². The Morgan fingerprint density at radius 1 is 1.10 bits per heavy atom. The molecule has 2 aromatic rings. The summed E-state index contributed by atoms with van der Waals surface area (Å²) < 4.78 is 26.0. The number of alkyl halides is 1. The van der Waals surface area contributed by atoms with Crippen molar-refractivity contribution in [1.82, 2.24) is 4.90 Å². The molecule has 0 saturated carbocycles. The maximum atomic E-state index is 13.2. The number of nitrogens with zero attached hydrogens (tertiary/aromatic N) is 1. The molecule has 0 fully saturated rings. The van der Waals surface area contributed by atoms with Crippen LogP contribution in [0.1, 0.15) is 21.5 Å². The third-order valence-corrected chi connectivity index (χ3v) is 3.39. The Morgan fingerprint density at radius 2 is 1.86 bits per heavy atom. The topological polar surface area (TPSA) is 20.3 Å². The Labute approximate surface area is 127 Å². The summed E-state index contributed by atoms with van der Waals surface area (Å²) in [5.41, 5.74) is 1.89. The van der Waals surface area contributed by atoms with Crippen molar-refractivity contribution in [3.8, 4) is 0 Å². The van der Waals surface area contributed by atoms with Crippen LogP contribution in [0.5, 0.6) is 0 Å². The van der Waals surface area contributed by atoms with Gasteiger partial charge in [-0.25, -0.2) is 8.78 Å². The minimum absolute atomic E-state index is 0.196. The number of halogens is 3. The van der Waals surface area contributed by atoms with Gasteiger partial charge in [0.05, 0.1) is 0 Å². The molecule has 0 aliphatic carbocycles. The fourth-order valence-electron chi connectivity index (χ4n) is 1.99. The van der Waals surface area contributed by atoms with Crippen LogP contribution in [0.4, 0.5) is 8.78 Å². The smallest absolute Gasteiger partial charge is 0.253 e. The van der Waals surface area contributed by atoms with E-state index in [2.05, 4.69) is 0 Å². The molecule has 0 radical (unpaired) electrons. The van der Waals surface area contributed by atoms with E-state index >= 15 is 0 Å². The van der Waals surface area contributed by atoms with Gasteiger partial charge in [0.25, 0.3) is 5.91 Å². The molecule has 2 nitrogen and oxygen atoms in total. The fraction of sp³-hybridized carbons (Fsp3) is 0.188. The molecule has 2 rings (SSSR count). The van der Waals surface area contributed by atoms with Gasteiger partial charge < -0.3 is 4.90 Å². The van der Waals surface area contributed by atoms with Gasteiger partial charge in [-0.1, -0.05) is 18.2 Å². The third kappa shape index (κ3) is 3.79. The second-order valence-electron chi connectivity index (χ2n) is 4.74.